The summed E-state index contributed by atoms with van der Waals surface area (Å²) in [6.45, 7) is 3.59. The molecule has 1 unspecified atom stereocenters. The average Bonchev–Trinajstić information content (AvgIpc) is 3.06. The van der Waals surface area contributed by atoms with E-state index in [2.05, 4.69) is 15.4 Å². The van der Waals surface area contributed by atoms with E-state index in [0.717, 1.165) is 25.7 Å². The van der Waals surface area contributed by atoms with Gasteiger partial charge < -0.3 is 14.7 Å². The summed E-state index contributed by atoms with van der Waals surface area (Å²) in [4.78, 5) is 26.9. The zero-order valence-corrected chi connectivity index (χ0v) is 15.1. The van der Waals surface area contributed by atoms with Crippen LogP contribution < -0.4 is 5.32 Å². The van der Waals surface area contributed by atoms with Gasteiger partial charge in [-0.05, 0) is 39.5 Å². The van der Waals surface area contributed by atoms with E-state index in [9.17, 15) is 9.59 Å². The van der Waals surface area contributed by atoms with Crippen molar-refractivity contribution < 1.29 is 14.1 Å². The van der Waals surface area contributed by atoms with E-state index in [1.807, 2.05) is 6.92 Å². The highest BCUT2D eigenvalue weighted by atomic mass is 32.2. The van der Waals surface area contributed by atoms with E-state index in [-0.39, 0.29) is 17.1 Å². The number of carbonyl (C=O) groups is 2. The summed E-state index contributed by atoms with van der Waals surface area (Å²) in [7, 11) is 0. The Morgan fingerprint density at radius 2 is 2.00 bits per heavy atom. The number of nitrogens with one attached hydrogen (secondary N) is 1. The lowest BCUT2D eigenvalue weighted by atomic mass is 10.2. The quantitative estimate of drug-likeness (QED) is 0.817. The van der Waals surface area contributed by atoms with Gasteiger partial charge in [0.05, 0.1) is 11.0 Å². The van der Waals surface area contributed by atoms with Gasteiger partial charge in [-0.2, -0.15) is 0 Å². The van der Waals surface area contributed by atoms with E-state index in [1.165, 1.54) is 24.6 Å². The lowest BCUT2D eigenvalue weighted by Gasteiger charge is -2.29. The Bertz CT molecular complexity index is 594. The molecule has 2 fully saturated rings. The topological polar surface area (TPSA) is 75.4 Å². The fourth-order valence-electron chi connectivity index (χ4n) is 3.24. The van der Waals surface area contributed by atoms with Gasteiger partial charge in [0, 0.05) is 18.2 Å². The molecular formula is C17H25N3O3S. The smallest absolute Gasteiger partial charge is 0.238 e. The first-order chi connectivity index (χ1) is 11.5. The van der Waals surface area contributed by atoms with Crippen LogP contribution in [0.1, 0.15) is 51.2 Å². The second kappa shape index (κ2) is 7.59. The van der Waals surface area contributed by atoms with Gasteiger partial charge in [0.1, 0.15) is 5.76 Å². The summed E-state index contributed by atoms with van der Waals surface area (Å²) >= 11 is 1.39. The monoisotopic (exact) mass is 351 g/mol. The fraction of sp³-hybridized carbons (Fsp3) is 0.706. The first-order valence-corrected chi connectivity index (χ1v) is 9.76. The molecule has 1 atom stereocenters. The van der Waals surface area contributed by atoms with E-state index < -0.39 is 0 Å². The Morgan fingerprint density at radius 1 is 1.33 bits per heavy atom. The molecule has 0 saturated heterocycles. The number of amides is 2. The number of aromatic nitrogens is 1. The maximum absolute atomic E-state index is 12.6. The maximum Gasteiger partial charge on any atom is 0.238 e. The third-order valence-electron chi connectivity index (χ3n) is 4.65. The van der Waals surface area contributed by atoms with Gasteiger partial charge in [-0.3, -0.25) is 9.59 Å². The molecule has 1 aromatic heterocycles. The molecule has 1 N–H and O–H groups in total. The molecule has 0 bridgehead atoms. The molecule has 7 heteroatoms. The zero-order chi connectivity index (χ0) is 17.1. The highest BCUT2D eigenvalue weighted by molar-refractivity contribution is 8.01. The minimum atomic E-state index is -0.310. The summed E-state index contributed by atoms with van der Waals surface area (Å²) < 4.78 is 4.93. The van der Waals surface area contributed by atoms with Crippen molar-refractivity contribution >= 4 is 29.4 Å². The minimum absolute atomic E-state index is 0.153. The van der Waals surface area contributed by atoms with Crippen LogP contribution in [0, 0.1) is 6.92 Å². The number of hydrogen-bond donors (Lipinski definition) is 1. The van der Waals surface area contributed by atoms with Crippen LogP contribution in [0.25, 0.3) is 0 Å². The minimum Gasteiger partial charge on any atom is -0.360 e. The molecule has 132 valence electrons. The van der Waals surface area contributed by atoms with E-state index in [1.54, 1.807) is 13.0 Å². The van der Waals surface area contributed by atoms with Crippen LogP contribution in [-0.4, -0.2) is 45.0 Å². The third-order valence-corrected chi connectivity index (χ3v) is 5.78. The molecule has 2 amide bonds. The molecule has 0 aliphatic heterocycles. The third kappa shape index (κ3) is 4.32. The largest absolute Gasteiger partial charge is 0.360 e. The van der Waals surface area contributed by atoms with E-state index in [4.69, 9.17) is 4.52 Å². The van der Waals surface area contributed by atoms with Crippen LogP contribution >= 0.6 is 11.8 Å². The molecule has 2 aliphatic rings. The van der Waals surface area contributed by atoms with Crippen LogP contribution in [0.15, 0.2) is 10.6 Å². The predicted molar refractivity (Wildman–Crippen MR) is 93.9 cm³/mol. The number of carbonyl (C=O) groups excluding carboxylic acids is 2. The molecule has 0 aromatic carbocycles. The Balaban J connectivity index is 1.48. The first-order valence-electron chi connectivity index (χ1n) is 8.71. The molecule has 0 radical (unpaired) electrons. The van der Waals surface area contributed by atoms with Crippen LogP contribution in [-0.2, 0) is 9.59 Å². The van der Waals surface area contributed by atoms with Gasteiger partial charge in [0.2, 0.25) is 11.8 Å². The van der Waals surface area contributed by atoms with Crippen molar-refractivity contribution in [3.05, 3.63) is 11.8 Å². The Kier molecular flexibility index (Phi) is 5.48. The normalized spacial score (nSPS) is 19.2. The molecule has 3 rings (SSSR count). The van der Waals surface area contributed by atoms with Gasteiger partial charge in [0.25, 0.3) is 0 Å². The number of rotatable bonds is 7. The van der Waals surface area contributed by atoms with Crippen molar-refractivity contribution in [1.29, 1.82) is 0 Å². The Morgan fingerprint density at radius 3 is 2.58 bits per heavy atom. The number of anilines is 1. The van der Waals surface area contributed by atoms with Gasteiger partial charge in [0.15, 0.2) is 5.82 Å². The Labute approximate surface area is 146 Å². The van der Waals surface area contributed by atoms with Crippen LogP contribution in [0.4, 0.5) is 5.82 Å². The van der Waals surface area contributed by atoms with Crippen LogP contribution in [0.5, 0.6) is 0 Å². The molecule has 24 heavy (non-hydrogen) atoms. The van der Waals surface area contributed by atoms with Crippen molar-refractivity contribution in [3.63, 3.8) is 0 Å². The predicted octanol–water partition coefficient (Wildman–Crippen LogP) is 2.98. The summed E-state index contributed by atoms with van der Waals surface area (Å²) in [6, 6.07) is 2.55. The SMILES string of the molecule is Cc1cc(NC(=O)C(C)SCC(=O)N(C2CCCC2)C2CC2)no1. The van der Waals surface area contributed by atoms with Crippen molar-refractivity contribution in [1.82, 2.24) is 10.1 Å². The second-order valence-electron chi connectivity index (χ2n) is 6.74. The summed E-state index contributed by atoms with van der Waals surface area (Å²) in [6.07, 6.45) is 6.99. The number of nitrogens with zero attached hydrogens (tertiary/aromatic N) is 2. The molecule has 2 aliphatic carbocycles. The van der Waals surface area contributed by atoms with E-state index in [0.29, 0.717) is 29.4 Å². The number of aryl methyl sites for hydroxylation is 1. The molecule has 0 spiro atoms. The van der Waals surface area contributed by atoms with Crippen LogP contribution in [0.2, 0.25) is 0 Å². The van der Waals surface area contributed by atoms with Gasteiger partial charge in [-0.1, -0.05) is 18.0 Å². The summed E-state index contributed by atoms with van der Waals surface area (Å²) in [5.41, 5.74) is 0. The average molecular weight is 351 g/mol. The lowest BCUT2D eigenvalue weighted by molar-refractivity contribution is -0.131. The molecule has 1 aromatic rings. The lowest BCUT2D eigenvalue weighted by Crippen LogP contribution is -2.42. The van der Waals surface area contributed by atoms with Crippen LogP contribution in [0.3, 0.4) is 0 Å². The first kappa shape index (κ1) is 17.3. The van der Waals surface area contributed by atoms with E-state index >= 15 is 0 Å². The maximum atomic E-state index is 12.6. The summed E-state index contributed by atoms with van der Waals surface area (Å²) in [5.74, 6) is 1.46. The van der Waals surface area contributed by atoms with Crippen molar-refractivity contribution in [2.75, 3.05) is 11.1 Å². The zero-order valence-electron chi connectivity index (χ0n) is 14.3. The highest BCUT2D eigenvalue weighted by Crippen LogP contribution is 2.35. The molecule has 1 heterocycles. The van der Waals surface area contributed by atoms with Crippen molar-refractivity contribution in [2.24, 2.45) is 0 Å². The fourth-order valence-corrected chi connectivity index (χ4v) is 3.99. The highest BCUT2D eigenvalue weighted by Gasteiger charge is 2.38. The molecule has 2 saturated carbocycles. The van der Waals surface area contributed by atoms with Crippen molar-refractivity contribution in [2.45, 2.75) is 69.7 Å². The second-order valence-corrected chi connectivity index (χ2v) is 8.06. The molecule has 6 nitrogen and oxygen atoms in total. The van der Waals surface area contributed by atoms with Gasteiger partial charge in [-0.15, -0.1) is 11.8 Å². The number of thioether (sulfide) groups is 1. The standard InChI is InChI=1S/C17H25N3O3S/c1-11-9-15(19-23-11)18-17(22)12(2)24-10-16(21)20(14-7-8-14)13-5-3-4-6-13/h9,12-14H,3-8,10H2,1-2H3,(H,18,19,22). The Hall–Kier alpha value is -1.50. The van der Waals surface area contributed by atoms with Crippen molar-refractivity contribution in [3.8, 4) is 0 Å². The van der Waals surface area contributed by atoms with Gasteiger partial charge >= 0.3 is 0 Å². The van der Waals surface area contributed by atoms with Gasteiger partial charge in [-0.25, -0.2) is 0 Å². The number of hydrogen-bond acceptors (Lipinski definition) is 5. The molecular weight excluding hydrogens is 326 g/mol. The summed E-state index contributed by atoms with van der Waals surface area (Å²) in [5, 5.41) is 6.16.